The number of nitrogens with one attached hydrogen (secondary N) is 2. The van der Waals surface area contributed by atoms with Crippen LogP contribution in [0.15, 0.2) is 0 Å². The zero-order valence-corrected chi connectivity index (χ0v) is 12.2. The van der Waals surface area contributed by atoms with E-state index in [4.69, 9.17) is 4.74 Å². The number of hydrogen-bond acceptors (Lipinski definition) is 4. The molecule has 2 aliphatic heterocycles. The molecule has 2 amide bonds. The molecular formula is C14H25N3O3. The molecule has 1 unspecified atom stereocenters. The van der Waals surface area contributed by atoms with Gasteiger partial charge >= 0.3 is 6.09 Å². The van der Waals surface area contributed by atoms with Gasteiger partial charge in [-0.25, -0.2) is 4.79 Å². The minimum Gasteiger partial charge on any atom is -0.450 e. The van der Waals surface area contributed by atoms with Crippen LogP contribution in [0.2, 0.25) is 0 Å². The Morgan fingerprint density at radius 3 is 2.60 bits per heavy atom. The number of piperidine rings is 2. The number of rotatable bonds is 3. The Kier molecular flexibility index (Phi) is 5.64. The molecule has 0 spiro atoms. The number of carbonyl (C=O) groups excluding carboxylic acids is 2. The van der Waals surface area contributed by atoms with E-state index in [1.807, 2.05) is 6.92 Å². The first-order valence-electron chi connectivity index (χ1n) is 7.66. The second-order valence-corrected chi connectivity index (χ2v) is 5.47. The van der Waals surface area contributed by atoms with Gasteiger partial charge < -0.3 is 20.3 Å². The van der Waals surface area contributed by atoms with Crippen LogP contribution in [0, 0.1) is 0 Å². The maximum atomic E-state index is 12.1. The summed E-state index contributed by atoms with van der Waals surface area (Å²) in [4.78, 5) is 25.4. The lowest BCUT2D eigenvalue weighted by molar-refractivity contribution is -0.124. The van der Waals surface area contributed by atoms with Crippen LogP contribution in [0.4, 0.5) is 4.79 Å². The first-order chi connectivity index (χ1) is 9.70. The SMILES string of the molecule is CCOC(=O)N1CCC(NC(=O)C2CCCCN2)CC1. The number of hydrogen-bond donors (Lipinski definition) is 2. The standard InChI is InChI=1S/C14H25N3O3/c1-2-20-14(19)17-9-6-11(7-10-17)16-13(18)12-5-3-4-8-15-12/h11-12,15H,2-10H2,1H3,(H,16,18). The Hall–Kier alpha value is -1.30. The van der Waals surface area contributed by atoms with Crippen LogP contribution in [0.3, 0.4) is 0 Å². The number of nitrogens with zero attached hydrogens (tertiary/aromatic N) is 1. The van der Waals surface area contributed by atoms with Gasteiger partial charge in [0, 0.05) is 19.1 Å². The van der Waals surface area contributed by atoms with Gasteiger partial charge in [0.05, 0.1) is 12.6 Å². The summed E-state index contributed by atoms with van der Waals surface area (Å²) < 4.78 is 4.98. The van der Waals surface area contributed by atoms with Crippen molar-refractivity contribution in [3.8, 4) is 0 Å². The molecular weight excluding hydrogens is 258 g/mol. The monoisotopic (exact) mass is 283 g/mol. The highest BCUT2D eigenvalue weighted by Crippen LogP contribution is 2.13. The Bertz CT molecular complexity index is 335. The van der Waals surface area contributed by atoms with Gasteiger partial charge in [0.2, 0.25) is 5.91 Å². The van der Waals surface area contributed by atoms with Gasteiger partial charge in [0.15, 0.2) is 0 Å². The highest BCUT2D eigenvalue weighted by atomic mass is 16.6. The van der Waals surface area contributed by atoms with E-state index in [0.29, 0.717) is 19.7 Å². The first-order valence-corrected chi connectivity index (χ1v) is 7.66. The average molecular weight is 283 g/mol. The summed E-state index contributed by atoms with van der Waals surface area (Å²) in [7, 11) is 0. The molecule has 20 heavy (non-hydrogen) atoms. The molecule has 0 aliphatic carbocycles. The second kappa shape index (κ2) is 7.47. The fraction of sp³-hybridized carbons (Fsp3) is 0.857. The van der Waals surface area contributed by atoms with Crippen molar-refractivity contribution in [2.75, 3.05) is 26.2 Å². The van der Waals surface area contributed by atoms with E-state index in [0.717, 1.165) is 38.6 Å². The fourth-order valence-corrected chi connectivity index (χ4v) is 2.80. The topological polar surface area (TPSA) is 70.7 Å². The summed E-state index contributed by atoms with van der Waals surface area (Å²) in [6.45, 7) is 4.45. The van der Waals surface area contributed by atoms with Crippen LogP contribution in [0.25, 0.3) is 0 Å². The van der Waals surface area contributed by atoms with Gasteiger partial charge in [0.1, 0.15) is 0 Å². The molecule has 0 saturated carbocycles. The lowest BCUT2D eigenvalue weighted by atomic mass is 10.0. The maximum Gasteiger partial charge on any atom is 0.409 e. The Morgan fingerprint density at radius 2 is 2.00 bits per heavy atom. The number of amides is 2. The van der Waals surface area contributed by atoms with Crippen LogP contribution in [-0.2, 0) is 9.53 Å². The highest BCUT2D eigenvalue weighted by Gasteiger charge is 2.27. The summed E-state index contributed by atoms with van der Waals surface area (Å²) in [5.41, 5.74) is 0. The van der Waals surface area contributed by atoms with Crippen LogP contribution in [0.1, 0.15) is 39.0 Å². The number of carbonyl (C=O) groups is 2. The average Bonchev–Trinajstić information content (AvgIpc) is 2.49. The van der Waals surface area contributed by atoms with E-state index in [-0.39, 0.29) is 24.1 Å². The zero-order valence-electron chi connectivity index (χ0n) is 12.2. The minimum absolute atomic E-state index is 0.0353. The Balaban J connectivity index is 1.71. The summed E-state index contributed by atoms with van der Waals surface area (Å²) >= 11 is 0. The predicted molar refractivity (Wildman–Crippen MR) is 75.4 cm³/mol. The van der Waals surface area contributed by atoms with Gasteiger partial charge in [-0.15, -0.1) is 0 Å². The second-order valence-electron chi connectivity index (χ2n) is 5.47. The molecule has 2 aliphatic rings. The molecule has 6 heteroatoms. The smallest absolute Gasteiger partial charge is 0.409 e. The summed E-state index contributed by atoms with van der Waals surface area (Å²) in [6.07, 6.45) is 4.56. The van der Waals surface area contributed by atoms with Crippen molar-refractivity contribution in [1.82, 2.24) is 15.5 Å². The van der Waals surface area contributed by atoms with Crippen LogP contribution < -0.4 is 10.6 Å². The number of ether oxygens (including phenoxy) is 1. The fourth-order valence-electron chi connectivity index (χ4n) is 2.80. The van der Waals surface area contributed by atoms with E-state index < -0.39 is 0 Å². The van der Waals surface area contributed by atoms with E-state index >= 15 is 0 Å². The van der Waals surface area contributed by atoms with Crippen molar-refractivity contribution < 1.29 is 14.3 Å². The van der Waals surface area contributed by atoms with Gasteiger partial charge in [-0.3, -0.25) is 4.79 Å². The van der Waals surface area contributed by atoms with Crippen LogP contribution in [0.5, 0.6) is 0 Å². The van der Waals surface area contributed by atoms with E-state index in [1.165, 1.54) is 0 Å². The van der Waals surface area contributed by atoms with E-state index in [9.17, 15) is 9.59 Å². The summed E-state index contributed by atoms with van der Waals surface area (Å²) in [6, 6.07) is 0.142. The van der Waals surface area contributed by atoms with Gasteiger partial charge in [-0.2, -0.15) is 0 Å². The molecule has 2 N–H and O–H groups in total. The van der Waals surface area contributed by atoms with Gasteiger partial charge in [-0.1, -0.05) is 6.42 Å². The quantitative estimate of drug-likeness (QED) is 0.806. The Morgan fingerprint density at radius 1 is 1.25 bits per heavy atom. The third-order valence-corrected chi connectivity index (χ3v) is 3.99. The number of likely N-dealkylation sites (tertiary alicyclic amines) is 1. The van der Waals surface area contributed by atoms with Crippen molar-refractivity contribution in [3.63, 3.8) is 0 Å². The van der Waals surface area contributed by atoms with Crippen molar-refractivity contribution in [2.45, 2.75) is 51.1 Å². The third kappa shape index (κ3) is 4.10. The molecule has 1 atom stereocenters. The summed E-state index contributed by atoms with van der Waals surface area (Å²) in [5, 5.41) is 6.36. The molecule has 0 aromatic carbocycles. The molecule has 2 heterocycles. The predicted octanol–water partition coefficient (Wildman–Crippen LogP) is 0.866. The van der Waals surface area contributed by atoms with Crippen molar-refractivity contribution >= 4 is 12.0 Å². The van der Waals surface area contributed by atoms with Crippen LogP contribution in [-0.4, -0.2) is 55.2 Å². The molecule has 0 bridgehead atoms. The molecule has 0 radical (unpaired) electrons. The molecule has 6 nitrogen and oxygen atoms in total. The highest BCUT2D eigenvalue weighted by molar-refractivity contribution is 5.82. The molecule has 0 aromatic heterocycles. The largest absolute Gasteiger partial charge is 0.450 e. The van der Waals surface area contributed by atoms with E-state index in [1.54, 1.807) is 4.90 Å². The molecule has 2 saturated heterocycles. The summed E-state index contributed by atoms with van der Waals surface area (Å²) in [5.74, 6) is 0.110. The zero-order chi connectivity index (χ0) is 14.4. The third-order valence-electron chi connectivity index (χ3n) is 3.99. The lowest BCUT2D eigenvalue weighted by Gasteiger charge is -2.33. The molecule has 2 fully saturated rings. The van der Waals surface area contributed by atoms with Gasteiger partial charge in [0.25, 0.3) is 0 Å². The normalized spacial score (nSPS) is 24.2. The maximum absolute atomic E-state index is 12.1. The molecule has 0 aromatic rings. The van der Waals surface area contributed by atoms with Gasteiger partial charge in [-0.05, 0) is 39.2 Å². The van der Waals surface area contributed by atoms with Crippen molar-refractivity contribution in [3.05, 3.63) is 0 Å². The first kappa shape index (κ1) is 15.1. The van der Waals surface area contributed by atoms with E-state index in [2.05, 4.69) is 10.6 Å². The molecule has 114 valence electrons. The minimum atomic E-state index is -0.244. The van der Waals surface area contributed by atoms with Crippen molar-refractivity contribution in [1.29, 1.82) is 0 Å². The van der Waals surface area contributed by atoms with Crippen LogP contribution >= 0.6 is 0 Å². The van der Waals surface area contributed by atoms with Crippen molar-refractivity contribution in [2.24, 2.45) is 0 Å². The Labute approximate surface area is 120 Å². The lowest BCUT2D eigenvalue weighted by Crippen LogP contribution is -2.52. The molecule has 2 rings (SSSR count).